The SMILES string of the molecule is CC1(C(=O)O)CCN(C(=O)c2cnn(C3CCCC3)c2-c2ccccc2)C1. The second-order valence-corrected chi connectivity index (χ2v) is 8.00. The van der Waals surface area contributed by atoms with E-state index in [1.54, 1.807) is 18.0 Å². The Morgan fingerprint density at radius 3 is 2.52 bits per heavy atom. The number of nitrogens with zero attached hydrogens (tertiary/aromatic N) is 3. The van der Waals surface area contributed by atoms with Gasteiger partial charge in [0.05, 0.1) is 28.9 Å². The molecule has 1 atom stereocenters. The second-order valence-electron chi connectivity index (χ2n) is 8.00. The summed E-state index contributed by atoms with van der Waals surface area (Å²) in [6, 6.07) is 10.2. The summed E-state index contributed by atoms with van der Waals surface area (Å²) < 4.78 is 2.02. The lowest BCUT2D eigenvalue weighted by Crippen LogP contribution is -2.35. The van der Waals surface area contributed by atoms with Crippen LogP contribution in [0.4, 0.5) is 0 Å². The molecule has 0 spiro atoms. The quantitative estimate of drug-likeness (QED) is 0.896. The number of rotatable bonds is 4. The van der Waals surface area contributed by atoms with Crippen LogP contribution < -0.4 is 0 Å². The highest BCUT2D eigenvalue weighted by molar-refractivity contribution is 6.00. The molecule has 2 aromatic rings. The number of amides is 1. The highest BCUT2D eigenvalue weighted by Gasteiger charge is 2.43. The van der Waals surface area contributed by atoms with Crippen LogP contribution in [0.15, 0.2) is 36.5 Å². The standard InChI is InChI=1S/C21H25N3O3/c1-21(20(26)27)11-12-23(14-21)19(25)17-13-22-24(16-9-5-6-10-16)18(17)15-7-3-2-4-8-15/h2-4,7-8,13,16H,5-6,9-12,14H2,1H3,(H,26,27). The van der Waals surface area contributed by atoms with Gasteiger partial charge in [-0.1, -0.05) is 43.2 Å². The number of likely N-dealkylation sites (tertiary alicyclic amines) is 1. The zero-order chi connectivity index (χ0) is 19.0. The highest BCUT2D eigenvalue weighted by atomic mass is 16.4. The van der Waals surface area contributed by atoms with Crippen molar-refractivity contribution in [2.45, 2.75) is 45.1 Å². The van der Waals surface area contributed by atoms with Crippen molar-refractivity contribution in [2.24, 2.45) is 5.41 Å². The Balaban J connectivity index is 1.71. The Morgan fingerprint density at radius 1 is 1.19 bits per heavy atom. The summed E-state index contributed by atoms with van der Waals surface area (Å²) in [4.78, 5) is 26.5. The van der Waals surface area contributed by atoms with Crippen LogP contribution in [0.2, 0.25) is 0 Å². The monoisotopic (exact) mass is 367 g/mol. The normalized spacial score (nSPS) is 23.1. The molecular weight excluding hydrogens is 342 g/mol. The van der Waals surface area contributed by atoms with Crippen LogP contribution in [-0.4, -0.2) is 44.8 Å². The number of carboxylic acids is 1. The summed E-state index contributed by atoms with van der Waals surface area (Å²) in [6.07, 6.45) is 6.67. The third-order valence-corrected chi connectivity index (χ3v) is 6.02. The third kappa shape index (κ3) is 3.13. The fourth-order valence-corrected chi connectivity index (χ4v) is 4.31. The van der Waals surface area contributed by atoms with E-state index < -0.39 is 11.4 Å². The maximum atomic E-state index is 13.3. The van der Waals surface area contributed by atoms with Crippen molar-refractivity contribution in [2.75, 3.05) is 13.1 Å². The molecule has 2 fully saturated rings. The fourth-order valence-electron chi connectivity index (χ4n) is 4.31. The van der Waals surface area contributed by atoms with Gasteiger partial charge < -0.3 is 10.0 Å². The van der Waals surface area contributed by atoms with Crippen LogP contribution in [0, 0.1) is 5.41 Å². The van der Waals surface area contributed by atoms with Crippen molar-refractivity contribution in [1.29, 1.82) is 0 Å². The van der Waals surface area contributed by atoms with Gasteiger partial charge in [0.2, 0.25) is 0 Å². The number of carbonyl (C=O) groups is 2. The Kier molecular flexibility index (Phi) is 4.50. The van der Waals surface area contributed by atoms with Gasteiger partial charge in [-0.3, -0.25) is 14.3 Å². The molecule has 6 heteroatoms. The van der Waals surface area contributed by atoms with E-state index in [1.807, 2.05) is 35.0 Å². The van der Waals surface area contributed by atoms with Crippen molar-refractivity contribution in [3.05, 3.63) is 42.1 Å². The van der Waals surface area contributed by atoms with Gasteiger partial charge in [0.25, 0.3) is 5.91 Å². The van der Waals surface area contributed by atoms with Gasteiger partial charge in [-0.15, -0.1) is 0 Å². The number of hydrogen-bond acceptors (Lipinski definition) is 3. The average molecular weight is 367 g/mol. The lowest BCUT2D eigenvalue weighted by molar-refractivity contribution is -0.147. The van der Waals surface area contributed by atoms with E-state index in [1.165, 1.54) is 12.8 Å². The van der Waals surface area contributed by atoms with Crippen LogP contribution in [-0.2, 0) is 4.79 Å². The van der Waals surface area contributed by atoms with Gasteiger partial charge >= 0.3 is 5.97 Å². The van der Waals surface area contributed by atoms with E-state index >= 15 is 0 Å². The Morgan fingerprint density at radius 2 is 1.89 bits per heavy atom. The summed E-state index contributed by atoms with van der Waals surface area (Å²) in [5.74, 6) is -0.967. The van der Waals surface area contributed by atoms with E-state index in [2.05, 4.69) is 5.10 Å². The summed E-state index contributed by atoms with van der Waals surface area (Å²) in [5.41, 5.74) is 1.54. The number of carboxylic acid groups (broad SMARTS) is 1. The van der Waals surface area contributed by atoms with Gasteiger partial charge in [-0.2, -0.15) is 5.10 Å². The molecule has 1 aliphatic carbocycles. The Bertz CT molecular complexity index is 855. The van der Waals surface area contributed by atoms with Gasteiger partial charge in [0, 0.05) is 18.7 Å². The summed E-state index contributed by atoms with van der Waals surface area (Å²) >= 11 is 0. The minimum Gasteiger partial charge on any atom is -0.481 e. The molecule has 1 unspecified atom stereocenters. The molecule has 1 saturated heterocycles. The average Bonchev–Trinajstić information content (AvgIpc) is 3.41. The van der Waals surface area contributed by atoms with E-state index in [0.29, 0.717) is 24.6 Å². The van der Waals surface area contributed by atoms with E-state index in [-0.39, 0.29) is 12.5 Å². The van der Waals surface area contributed by atoms with Crippen LogP contribution >= 0.6 is 0 Å². The van der Waals surface area contributed by atoms with Crippen LogP contribution in [0.25, 0.3) is 11.3 Å². The maximum Gasteiger partial charge on any atom is 0.311 e. The second kappa shape index (κ2) is 6.83. The summed E-state index contributed by atoms with van der Waals surface area (Å²) in [7, 11) is 0. The first kappa shape index (κ1) is 17.8. The smallest absolute Gasteiger partial charge is 0.311 e. The topological polar surface area (TPSA) is 75.4 Å². The predicted molar refractivity (Wildman–Crippen MR) is 101 cm³/mol. The molecule has 0 radical (unpaired) electrons. The van der Waals surface area contributed by atoms with Gasteiger partial charge in [0.1, 0.15) is 0 Å². The molecule has 142 valence electrons. The summed E-state index contributed by atoms with van der Waals surface area (Å²) in [5, 5.41) is 14.1. The Hall–Kier alpha value is -2.63. The Labute approximate surface area is 158 Å². The summed E-state index contributed by atoms with van der Waals surface area (Å²) in [6.45, 7) is 2.41. The lowest BCUT2D eigenvalue weighted by atomic mass is 9.90. The maximum absolute atomic E-state index is 13.3. The van der Waals surface area contributed by atoms with Crippen molar-refractivity contribution in [1.82, 2.24) is 14.7 Å². The van der Waals surface area contributed by atoms with Crippen LogP contribution in [0.3, 0.4) is 0 Å². The fraction of sp³-hybridized carbons (Fsp3) is 0.476. The van der Waals surface area contributed by atoms with Crippen molar-refractivity contribution >= 4 is 11.9 Å². The molecule has 2 heterocycles. The first-order chi connectivity index (χ1) is 13.0. The molecule has 1 saturated carbocycles. The first-order valence-electron chi connectivity index (χ1n) is 9.65. The molecule has 27 heavy (non-hydrogen) atoms. The number of carbonyl (C=O) groups excluding carboxylic acids is 1. The van der Waals surface area contributed by atoms with Gasteiger partial charge in [-0.25, -0.2) is 0 Å². The molecule has 1 aromatic carbocycles. The van der Waals surface area contributed by atoms with Crippen molar-refractivity contribution in [3.8, 4) is 11.3 Å². The third-order valence-electron chi connectivity index (χ3n) is 6.02. The van der Waals surface area contributed by atoms with Crippen molar-refractivity contribution in [3.63, 3.8) is 0 Å². The molecule has 4 rings (SSSR count). The number of aromatic nitrogens is 2. The zero-order valence-corrected chi connectivity index (χ0v) is 15.6. The predicted octanol–water partition coefficient (Wildman–Crippen LogP) is 3.60. The van der Waals surface area contributed by atoms with Crippen LogP contribution in [0.1, 0.15) is 55.4 Å². The highest BCUT2D eigenvalue weighted by Crippen LogP contribution is 2.36. The van der Waals surface area contributed by atoms with Crippen molar-refractivity contribution < 1.29 is 14.7 Å². The van der Waals surface area contributed by atoms with Gasteiger partial charge in [0.15, 0.2) is 0 Å². The van der Waals surface area contributed by atoms with E-state index in [0.717, 1.165) is 24.1 Å². The molecule has 0 bridgehead atoms. The number of hydrogen-bond donors (Lipinski definition) is 1. The molecule has 6 nitrogen and oxygen atoms in total. The first-order valence-corrected chi connectivity index (χ1v) is 9.65. The molecule has 1 aromatic heterocycles. The van der Waals surface area contributed by atoms with E-state index in [4.69, 9.17) is 0 Å². The minimum atomic E-state index is -0.871. The largest absolute Gasteiger partial charge is 0.481 e. The zero-order valence-electron chi connectivity index (χ0n) is 15.6. The minimum absolute atomic E-state index is 0.122. The number of benzene rings is 1. The molecule has 1 aliphatic heterocycles. The molecular formula is C21H25N3O3. The van der Waals surface area contributed by atoms with Crippen LogP contribution in [0.5, 0.6) is 0 Å². The van der Waals surface area contributed by atoms with Gasteiger partial charge in [-0.05, 0) is 26.2 Å². The molecule has 1 N–H and O–H groups in total. The molecule has 1 amide bonds. The number of aliphatic carboxylic acids is 1. The van der Waals surface area contributed by atoms with E-state index in [9.17, 15) is 14.7 Å². The molecule has 2 aliphatic rings. The lowest BCUT2D eigenvalue weighted by Gasteiger charge is -2.21.